The predicted octanol–water partition coefficient (Wildman–Crippen LogP) is 1.63. The first kappa shape index (κ1) is 16.8. The lowest BCUT2D eigenvalue weighted by molar-refractivity contribution is -0.0344. The van der Waals surface area contributed by atoms with Crippen molar-refractivity contribution in [3.05, 3.63) is 53.7 Å². The fraction of sp³-hybridized carbons (Fsp3) is 0.444. The normalized spacial score (nSPS) is 19.8. The van der Waals surface area contributed by atoms with Crippen LogP contribution in [0, 0.1) is 6.92 Å². The Hall–Kier alpha value is -2.02. The second-order valence-electron chi connectivity index (χ2n) is 6.11. The molecule has 1 aromatic carbocycles. The molecule has 6 nitrogen and oxygen atoms in total. The van der Waals surface area contributed by atoms with Crippen LogP contribution in [0.25, 0.3) is 0 Å². The molecule has 2 N–H and O–H groups in total. The number of ether oxygens (including phenoxy) is 1. The molecule has 0 saturated carbocycles. The summed E-state index contributed by atoms with van der Waals surface area (Å²) in [4.78, 5) is 2.25. The number of benzene rings is 1. The molecular formula is C18H24N4O2. The summed E-state index contributed by atoms with van der Waals surface area (Å²) in [7, 11) is 0. The highest BCUT2D eigenvalue weighted by molar-refractivity contribution is 5.31. The van der Waals surface area contributed by atoms with Gasteiger partial charge in [0.2, 0.25) is 0 Å². The molecule has 0 radical (unpaired) electrons. The van der Waals surface area contributed by atoms with Gasteiger partial charge in [0, 0.05) is 32.4 Å². The zero-order valence-electron chi connectivity index (χ0n) is 13.9. The second-order valence-corrected chi connectivity index (χ2v) is 6.11. The highest BCUT2D eigenvalue weighted by Gasteiger charge is 2.23. The summed E-state index contributed by atoms with van der Waals surface area (Å²) >= 11 is 0. The van der Waals surface area contributed by atoms with E-state index in [4.69, 9.17) is 4.74 Å². The van der Waals surface area contributed by atoms with Gasteiger partial charge in [-0.05, 0) is 30.2 Å². The van der Waals surface area contributed by atoms with Gasteiger partial charge in [0.05, 0.1) is 18.8 Å². The molecule has 2 aromatic rings. The van der Waals surface area contributed by atoms with Crippen LogP contribution in [0.1, 0.15) is 17.2 Å². The number of aliphatic hydroxyl groups is 1. The van der Waals surface area contributed by atoms with Crippen molar-refractivity contribution in [2.24, 2.45) is 0 Å². The number of aromatic nitrogens is 2. The molecule has 3 rings (SSSR count). The molecule has 1 aromatic heterocycles. The van der Waals surface area contributed by atoms with Crippen LogP contribution >= 0.6 is 0 Å². The Morgan fingerprint density at radius 3 is 3.00 bits per heavy atom. The van der Waals surface area contributed by atoms with Crippen LogP contribution < -0.4 is 5.32 Å². The van der Waals surface area contributed by atoms with Crippen molar-refractivity contribution < 1.29 is 9.84 Å². The van der Waals surface area contributed by atoms with Crippen LogP contribution in [0.5, 0.6) is 0 Å². The van der Waals surface area contributed by atoms with Gasteiger partial charge in [0.1, 0.15) is 5.82 Å². The van der Waals surface area contributed by atoms with Crippen LogP contribution in [-0.4, -0.2) is 59.1 Å². The Morgan fingerprint density at radius 2 is 2.21 bits per heavy atom. The first-order chi connectivity index (χ1) is 11.7. The Kier molecular flexibility index (Phi) is 5.74. The molecule has 6 heteroatoms. The molecule has 1 aliphatic rings. The fourth-order valence-electron chi connectivity index (χ4n) is 2.99. The molecule has 2 heterocycles. The van der Waals surface area contributed by atoms with E-state index in [1.807, 2.05) is 43.3 Å². The summed E-state index contributed by atoms with van der Waals surface area (Å²) in [6.07, 6.45) is 1.25. The summed E-state index contributed by atoms with van der Waals surface area (Å²) in [5, 5.41) is 21.6. The molecule has 0 amide bonds. The minimum atomic E-state index is -0.474. The lowest BCUT2D eigenvalue weighted by Gasteiger charge is -2.34. The van der Waals surface area contributed by atoms with Gasteiger partial charge in [-0.15, -0.1) is 5.10 Å². The molecule has 1 fully saturated rings. The smallest absolute Gasteiger partial charge is 0.148 e. The number of nitrogens with one attached hydrogen (secondary N) is 1. The number of hydrogen-bond donors (Lipinski definition) is 2. The van der Waals surface area contributed by atoms with Gasteiger partial charge in [0.15, 0.2) is 0 Å². The minimum Gasteiger partial charge on any atom is -0.387 e. The van der Waals surface area contributed by atoms with Crippen molar-refractivity contribution in [3.63, 3.8) is 0 Å². The predicted molar refractivity (Wildman–Crippen MR) is 92.8 cm³/mol. The summed E-state index contributed by atoms with van der Waals surface area (Å²) < 4.78 is 5.81. The van der Waals surface area contributed by atoms with Gasteiger partial charge in [-0.3, -0.25) is 4.90 Å². The van der Waals surface area contributed by atoms with Gasteiger partial charge in [0.25, 0.3) is 0 Å². The zero-order valence-corrected chi connectivity index (χ0v) is 13.9. The van der Waals surface area contributed by atoms with Crippen molar-refractivity contribution in [2.75, 3.05) is 38.1 Å². The summed E-state index contributed by atoms with van der Waals surface area (Å²) in [6.45, 7) is 5.63. The maximum atomic E-state index is 10.5. The number of nitrogens with zero attached hydrogens (tertiary/aromatic N) is 3. The minimum absolute atomic E-state index is 0.0739. The molecule has 1 saturated heterocycles. The molecule has 0 bridgehead atoms. The number of morpholine rings is 1. The first-order valence-corrected chi connectivity index (χ1v) is 8.31. The number of rotatable bonds is 6. The molecule has 0 spiro atoms. The molecule has 2 unspecified atom stereocenters. The third kappa shape index (κ3) is 4.50. The third-order valence-electron chi connectivity index (χ3n) is 4.28. The summed E-state index contributed by atoms with van der Waals surface area (Å²) in [5.74, 6) is 0.748. The summed E-state index contributed by atoms with van der Waals surface area (Å²) in [5.41, 5.74) is 2.12. The van der Waals surface area contributed by atoms with Gasteiger partial charge in [-0.25, -0.2) is 0 Å². The van der Waals surface area contributed by atoms with Crippen LogP contribution in [0.4, 0.5) is 5.82 Å². The SMILES string of the molecule is Cc1ccccc1C(O)CN1CCOC(CNc2cccnn2)C1. The maximum Gasteiger partial charge on any atom is 0.148 e. The maximum absolute atomic E-state index is 10.5. The van der Waals surface area contributed by atoms with Crippen LogP contribution in [0.2, 0.25) is 0 Å². The zero-order chi connectivity index (χ0) is 16.8. The molecule has 1 aliphatic heterocycles. The van der Waals surface area contributed by atoms with Crippen LogP contribution in [0.15, 0.2) is 42.6 Å². The van der Waals surface area contributed by atoms with E-state index >= 15 is 0 Å². The van der Waals surface area contributed by atoms with Gasteiger partial charge < -0.3 is 15.2 Å². The molecule has 0 aliphatic carbocycles. The largest absolute Gasteiger partial charge is 0.387 e. The summed E-state index contributed by atoms with van der Waals surface area (Å²) in [6, 6.07) is 11.7. The lowest BCUT2D eigenvalue weighted by atomic mass is 10.0. The van der Waals surface area contributed by atoms with E-state index in [9.17, 15) is 5.11 Å². The average Bonchev–Trinajstić information content (AvgIpc) is 2.61. The van der Waals surface area contributed by atoms with Crippen LogP contribution in [0.3, 0.4) is 0 Å². The van der Waals surface area contributed by atoms with Crippen LogP contribution in [-0.2, 0) is 4.74 Å². The van der Waals surface area contributed by atoms with Crippen molar-refractivity contribution in [3.8, 4) is 0 Å². The fourth-order valence-corrected chi connectivity index (χ4v) is 2.99. The Morgan fingerprint density at radius 1 is 1.33 bits per heavy atom. The monoisotopic (exact) mass is 328 g/mol. The number of hydrogen-bond acceptors (Lipinski definition) is 6. The Bertz CT molecular complexity index is 638. The number of aliphatic hydroxyl groups excluding tert-OH is 1. The van der Waals surface area contributed by atoms with E-state index in [-0.39, 0.29) is 6.10 Å². The van der Waals surface area contributed by atoms with Crippen molar-refractivity contribution in [2.45, 2.75) is 19.1 Å². The van der Waals surface area contributed by atoms with E-state index in [0.717, 1.165) is 30.0 Å². The molecule has 2 atom stereocenters. The third-order valence-corrected chi connectivity index (χ3v) is 4.28. The quantitative estimate of drug-likeness (QED) is 0.840. The molecule has 128 valence electrons. The first-order valence-electron chi connectivity index (χ1n) is 8.31. The highest BCUT2D eigenvalue weighted by atomic mass is 16.5. The number of β-amino-alcohol motifs (C(OH)–C–C–N with tert-alkyl or cyclic N) is 1. The average molecular weight is 328 g/mol. The molecular weight excluding hydrogens is 304 g/mol. The van der Waals surface area contributed by atoms with E-state index < -0.39 is 6.10 Å². The van der Waals surface area contributed by atoms with Gasteiger partial charge in [-0.1, -0.05) is 24.3 Å². The molecule has 24 heavy (non-hydrogen) atoms. The Labute approximate surface area is 142 Å². The van der Waals surface area contributed by atoms with Gasteiger partial charge in [-0.2, -0.15) is 5.10 Å². The van der Waals surface area contributed by atoms with E-state index in [1.165, 1.54) is 0 Å². The highest BCUT2D eigenvalue weighted by Crippen LogP contribution is 2.19. The standard InChI is InChI=1S/C18H24N4O2/c1-14-5-2-3-6-16(14)17(23)13-22-9-10-24-15(12-22)11-19-18-7-4-8-20-21-18/h2-8,15,17,23H,9-13H2,1H3,(H,19,21). The van der Waals surface area contributed by atoms with E-state index in [2.05, 4.69) is 20.4 Å². The van der Waals surface area contributed by atoms with Crippen molar-refractivity contribution in [1.82, 2.24) is 15.1 Å². The number of anilines is 1. The van der Waals surface area contributed by atoms with E-state index in [1.54, 1.807) is 6.20 Å². The van der Waals surface area contributed by atoms with Crippen molar-refractivity contribution in [1.29, 1.82) is 0 Å². The lowest BCUT2D eigenvalue weighted by Crippen LogP contribution is -2.46. The van der Waals surface area contributed by atoms with Gasteiger partial charge >= 0.3 is 0 Å². The van der Waals surface area contributed by atoms with E-state index in [0.29, 0.717) is 19.7 Å². The number of aryl methyl sites for hydroxylation is 1. The second kappa shape index (κ2) is 8.19. The topological polar surface area (TPSA) is 70.5 Å². The van der Waals surface area contributed by atoms with Crippen molar-refractivity contribution >= 4 is 5.82 Å². The Balaban J connectivity index is 1.51.